The minimum Gasteiger partial charge on any atom is -0.475 e. The highest BCUT2D eigenvalue weighted by atomic mass is 32.2. The maximum atomic E-state index is 11.3. The molecule has 1 unspecified atom stereocenters. The van der Waals surface area contributed by atoms with Crippen LogP contribution in [0.15, 0.2) is 11.1 Å². The zero-order valence-corrected chi connectivity index (χ0v) is 11.0. The van der Waals surface area contributed by atoms with Gasteiger partial charge < -0.3 is 14.8 Å². The SMILES string of the molecule is CCOC(=O)NC1COc2c(S(N)(=O)=O)cnn2C1. The van der Waals surface area contributed by atoms with Gasteiger partial charge in [0.1, 0.15) is 6.61 Å². The van der Waals surface area contributed by atoms with Gasteiger partial charge in [-0.2, -0.15) is 5.10 Å². The molecule has 0 aliphatic carbocycles. The van der Waals surface area contributed by atoms with Gasteiger partial charge in [-0.05, 0) is 6.92 Å². The zero-order chi connectivity index (χ0) is 14.0. The van der Waals surface area contributed by atoms with Gasteiger partial charge in [0.15, 0.2) is 4.90 Å². The van der Waals surface area contributed by atoms with E-state index in [9.17, 15) is 13.2 Å². The zero-order valence-electron chi connectivity index (χ0n) is 10.2. The predicted molar refractivity (Wildman–Crippen MR) is 63.0 cm³/mol. The summed E-state index contributed by atoms with van der Waals surface area (Å²) in [4.78, 5) is 11.1. The Bertz CT molecular complexity index is 581. The molecule has 0 saturated carbocycles. The molecule has 0 bridgehead atoms. The van der Waals surface area contributed by atoms with E-state index in [-0.39, 0.29) is 36.6 Å². The van der Waals surface area contributed by atoms with E-state index >= 15 is 0 Å². The van der Waals surface area contributed by atoms with Gasteiger partial charge in [-0.1, -0.05) is 0 Å². The van der Waals surface area contributed by atoms with E-state index in [0.717, 1.165) is 6.20 Å². The fraction of sp³-hybridized carbons (Fsp3) is 0.556. The molecule has 10 heteroatoms. The predicted octanol–water partition coefficient (Wildman–Crippen LogP) is -0.962. The van der Waals surface area contributed by atoms with E-state index in [4.69, 9.17) is 14.6 Å². The lowest BCUT2D eigenvalue weighted by Crippen LogP contribution is -2.45. The molecule has 106 valence electrons. The molecule has 0 radical (unpaired) electrons. The number of alkyl carbamates (subject to hydrolysis) is 1. The van der Waals surface area contributed by atoms with Gasteiger partial charge in [0.25, 0.3) is 0 Å². The van der Waals surface area contributed by atoms with E-state index in [0.29, 0.717) is 0 Å². The third-order valence-electron chi connectivity index (χ3n) is 2.48. The van der Waals surface area contributed by atoms with Crippen LogP contribution in [0.4, 0.5) is 4.79 Å². The van der Waals surface area contributed by atoms with Crippen molar-refractivity contribution < 1.29 is 22.7 Å². The summed E-state index contributed by atoms with van der Waals surface area (Å²) in [6.45, 7) is 2.36. The smallest absolute Gasteiger partial charge is 0.407 e. The van der Waals surface area contributed by atoms with Crippen molar-refractivity contribution in [3.8, 4) is 5.88 Å². The summed E-state index contributed by atoms with van der Waals surface area (Å²) in [7, 11) is -3.87. The minimum absolute atomic E-state index is 0.0874. The van der Waals surface area contributed by atoms with E-state index in [1.165, 1.54) is 4.68 Å². The summed E-state index contributed by atoms with van der Waals surface area (Å²) in [6.07, 6.45) is 0.565. The monoisotopic (exact) mass is 290 g/mol. The molecule has 1 aromatic heterocycles. The van der Waals surface area contributed by atoms with Crippen LogP contribution in [-0.2, 0) is 21.3 Å². The van der Waals surface area contributed by atoms with Crippen LogP contribution in [0.1, 0.15) is 6.92 Å². The molecule has 1 aliphatic rings. The number of nitrogens with one attached hydrogen (secondary N) is 1. The number of primary sulfonamides is 1. The lowest BCUT2D eigenvalue weighted by atomic mass is 10.3. The Kier molecular flexibility index (Phi) is 3.62. The summed E-state index contributed by atoms with van der Waals surface area (Å²) < 4.78 is 33.9. The van der Waals surface area contributed by atoms with E-state index in [1.807, 2.05) is 0 Å². The van der Waals surface area contributed by atoms with Crippen molar-refractivity contribution in [1.29, 1.82) is 0 Å². The highest BCUT2D eigenvalue weighted by molar-refractivity contribution is 7.89. The average Bonchev–Trinajstić information content (AvgIpc) is 2.71. The third-order valence-corrected chi connectivity index (χ3v) is 3.37. The Morgan fingerprint density at radius 2 is 2.47 bits per heavy atom. The normalized spacial score (nSPS) is 18.3. The number of amides is 1. The molecular formula is C9H14N4O5S. The number of nitrogens with zero attached hydrogens (tertiary/aromatic N) is 2. The van der Waals surface area contributed by atoms with Gasteiger partial charge in [0.05, 0.1) is 25.4 Å². The molecule has 1 amide bonds. The molecule has 0 saturated heterocycles. The lowest BCUT2D eigenvalue weighted by Gasteiger charge is -2.24. The Balaban J connectivity index is 2.10. The fourth-order valence-electron chi connectivity index (χ4n) is 1.70. The summed E-state index contributed by atoms with van der Waals surface area (Å²) in [6, 6.07) is -0.347. The number of aromatic nitrogens is 2. The highest BCUT2D eigenvalue weighted by Gasteiger charge is 2.28. The largest absolute Gasteiger partial charge is 0.475 e. The average molecular weight is 290 g/mol. The van der Waals surface area contributed by atoms with Crippen molar-refractivity contribution in [3.63, 3.8) is 0 Å². The van der Waals surface area contributed by atoms with E-state index in [2.05, 4.69) is 10.4 Å². The summed E-state index contributed by atoms with van der Waals surface area (Å²) in [5.41, 5.74) is 0. The molecule has 1 aromatic rings. The molecule has 0 fully saturated rings. The minimum atomic E-state index is -3.87. The summed E-state index contributed by atoms with van der Waals surface area (Å²) >= 11 is 0. The van der Waals surface area contributed by atoms with Crippen LogP contribution in [0.5, 0.6) is 5.88 Å². The molecular weight excluding hydrogens is 276 g/mol. The first-order valence-corrected chi connectivity index (χ1v) is 7.11. The van der Waals surface area contributed by atoms with Crippen molar-refractivity contribution in [1.82, 2.24) is 15.1 Å². The van der Waals surface area contributed by atoms with Crippen LogP contribution < -0.4 is 15.2 Å². The standard InChI is InChI=1S/C9H14N4O5S/c1-2-17-9(14)12-6-4-13-8(18-5-6)7(3-11-13)19(10,15)16/h3,6H,2,4-5H2,1H3,(H,12,14)(H2,10,15,16). The van der Waals surface area contributed by atoms with Crippen LogP contribution in [0.3, 0.4) is 0 Å². The number of hydrogen-bond acceptors (Lipinski definition) is 6. The Hall–Kier alpha value is -1.81. The van der Waals surface area contributed by atoms with Gasteiger partial charge in [0.2, 0.25) is 15.9 Å². The maximum Gasteiger partial charge on any atom is 0.407 e. The van der Waals surface area contributed by atoms with E-state index < -0.39 is 16.1 Å². The van der Waals surface area contributed by atoms with Crippen molar-refractivity contribution in [2.24, 2.45) is 5.14 Å². The van der Waals surface area contributed by atoms with Crippen molar-refractivity contribution >= 4 is 16.1 Å². The molecule has 9 nitrogen and oxygen atoms in total. The first-order chi connectivity index (χ1) is 8.91. The van der Waals surface area contributed by atoms with Gasteiger partial charge in [-0.15, -0.1) is 0 Å². The van der Waals surface area contributed by atoms with Crippen LogP contribution in [0, 0.1) is 0 Å². The van der Waals surface area contributed by atoms with Crippen LogP contribution in [0.25, 0.3) is 0 Å². The van der Waals surface area contributed by atoms with Gasteiger partial charge in [-0.3, -0.25) is 0 Å². The van der Waals surface area contributed by atoms with Crippen LogP contribution in [0.2, 0.25) is 0 Å². The number of ether oxygens (including phenoxy) is 2. The Morgan fingerprint density at radius 3 is 3.11 bits per heavy atom. The number of nitrogens with two attached hydrogens (primary N) is 1. The third kappa shape index (κ3) is 2.96. The number of fused-ring (bicyclic) bond motifs is 1. The second-order valence-corrected chi connectivity index (χ2v) is 5.44. The quantitative estimate of drug-likeness (QED) is 0.738. The first kappa shape index (κ1) is 13.6. The molecule has 0 aromatic carbocycles. The van der Waals surface area contributed by atoms with Gasteiger partial charge in [-0.25, -0.2) is 23.0 Å². The number of carbonyl (C=O) groups excluding carboxylic acids is 1. The second-order valence-electron chi connectivity index (χ2n) is 3.91. The number of carbonyl (C=O) groups is 1. The molecule has 3 N–H and O–H groups in total. The molecule has 2 rings (SSSR count). The first-order valence-electron chi connectivity index (χ1n) is 5.56. The van der Waals surface area contributed by atoms with Crippen molar-refractivity contribution in [2.45, 2.75) is 24.4 Å². The number of sulfonamides is 1. The second kappa shape index (κ2) is 5.05. The number of hydrogen-bond donors (Lipinski definition) is 2. The molecule has 1 atom stereocenters. The van der Waals surface area contributed by atoms with Gasteiger partial charge >= 0.3 is 6.09 Å². The molecule has 1 aliphatic heterocycles. The molecule has 0 spiro atoms. The molecule has 2 heterocycles. The maximum absolute atomic E-state index is 11.3. The van der Waals surface area contributed by atoms with Crippen molar-refractivity contribution in [2.75, 3.05) is 13.2 Å². The molecule has 19 heavy (non-hydrogen) atoms. The van der Waals surface area contributed by atoms with E-state index in [1.54, 1.807) is 6.92 Å². The Labute approximate surface area is 109 Å². The lowest BCUT2D eigenvalue weighted by molar-refractivity contribution is 0.129. The van der Waals surface area contributed by atoms with Gasteiger partial charge in [0, 0.05) is 0 Å². The van der Waals surface area contributed by atoms with Crippen molar-refractivity contribution in [3.05, 3.63) is 6.20 Å². The summed E-state index contributed by atoms with van der Waals surface area (Å²) in [5.74, 6) is 0.0874. The topological polar surface area (TPSA) is 126 Å². The van der Waals surface area contributed by atoms with Crippen LogP contribution in [-0.4, -0.2) is 43.5 Å². The summed E-state index contributed by atoms with van der Waals surface area (Å²) in [5, 5.41) is 11.5. The fourth-order valence-corrected chi connectivity index (χ4v) is 2.30. The Morgan fingerprint density at radius 1 is 1.74 bits per heavy atom. The van der Waals surface area contributed by atoms with Crippen LogP contribution >= 0.6 is 0 Å². The highest BCUT2D eigenvalue weighted by Crippen LogP contribution is 2.25. The number of rotatable bonds is 3.